The Hall–Kier alpha value is -0.130. The molecular formula is C14H30N2O2S. The zero-order chi connectivity index (χ0) is 14.5. The molecule has 1 fully saturated rings. The van der Waals surface area contributed by atoms with Crippen LogP contribution in [0.25, 0.3) is 0 Å². The molecule has 0 heterocycles. The molecule has 0 unspecified atom stereocenters. The summed E-state index contributed by atoms with van der Waals surface area (Å²) >= 11 is 0. The van der Waals surface area contributed by atoms with E-state index < -0.39 is 10.0 Å². The Morgan fingerprint density at radius 2 is 1.74 bits per heavy atom. The van der Waals surface area contributed by atoms with Crippen molar-refractivity contribution in [3.63, 3.8) is 0 Å². The van der Waals surface area contributed by atoms with E-state index in [0.717, 1.165) is 12.8 Å². The second-order valence-electron chi connectivity index (χ2n) is 6.33. The van der Waals surface area contributed by atoms with Crippen molar-refractivity contribution in [3.8, 4) is 0 Å². The molecule has 1 aliphatic carbocycles. The van der Waals surface area contributed by atoms with Crippen molar-refractivity contribution < 1.29 is 8.42 Å². The number of sulfonamides is 1. The molecule has 0 atom stereocenters. The van der Waals surface area contributed by atoms with Crippen LogP contribution in [0.3, 0.4) is 0 Å². The molecule has 19 heavy (non-hydrogen) atoms. The highest BCUT2D eigenvalue weighted by atomic mass is 32.2. The van der Waals surface area contributed by atoms with Crippen LogP contribution in [-0.2, 0) is 10.0 Å². The summed E-state index contributed by atoms with van der Waals surface area (Å²) < 4.78 is 26.8. The molecule has 0 bridgehead atoms. The molecule has 0 saturated heterocycles. The van der Waals surface area contributed by atoms with Crippen molar-refractivity contribution in [2.24, 2.45) is 5.92 Å². The lowest BCUT2D eigenvalue weighted by molar-refractivity contribution is 0.292. The maximum atomic E-state index is 12.5. The van der Waals surface area contributed by atoms with E-state index in [2.05, 4.69) is 19.2 Å². The van der Waals surface area contributed by atoms with E-state index in [1.807, 2.05) is 13.8 Å². The number of nitrogens with zero attached hydrogens (tertiary/aromatic N) is 1. The predicted octanol–water partition coefficient (Wildman–Crippen LogP) is 2.21. The first-order valence-corrected chi connectivity index (χ1v) is 9.16. The molecular weight excluding hydrogens is 260 g/mol. The SMILES string of the molecule is CC(C)CN(C1CCCC1)S(=O)(=O)CCNC(C)C. The third-order valence-electron chi connectivity index (χ3n) is 3.55. The minimum atomic E-state index is -3.13. The van der Waals surface area contributed by atoms with Crippen molar-refractivity contribution in [2.45, 2.75) is 65.5 Å². The van der Waals surface area contributed by atoms with Crippen molar-refractivity contribution >= 4 is 10.0 Å². The van der Waals surface area contributed by atoms with Gasteiger partial charge in [-0.25, -0.2) is 8.42 Å². The fraction of sp³-hybridized carbons (Fsp3) is 1.00. The highest BCUT2D eigenvalue weighted by Crippen LogP contribution is 2.26. The first-order chi connectivity index (χ1) is 8.83. The molecule has 114 valence electrons. The van der Waals surface area contributed by atoms with Crippen LogP contribution in [0.5, 0.6) is 0 Å². The van der Waals surface area contributed by atoms with E-state index in [1.165, 1.54) is 12.8 Å². The van der Waals surface area contributed by atoms with Gasteiger partial charge in [0.05, 0.1) is 5.75 Å². The number of nitrogens with one attached hydrogen (secondary N) is 1. The van der Waals surface area contributed by atoms with Crippen LogP contribution in [0.15, 0.2) is 0 Å². The molecule has 0 aromatic carbocycles. The minimum absolute atomic E-state index is 0.217. The fourth-order valence-electron chi connectivity index (χ4n) is 2.64. The van der Waals surface area contributed by atoms with Gasteiger partial charge >= 0.3 is 0 Å². The molecule has 1 aliphatic rings. The Morgan fingerprint density at radius 1 is 1.16 bits per heavy atom. The van der Waals surface area contributed by atoms with Gasteiger partial charge in [-0.05, 0) is 18.8 Å². The van der Waals surface area contributed by atoms with Gasteiger partial charge in [0.25, 0.3) is 0 Å². The third-order valence-corrected chi connectivity index (χ3v) is 5.43. The molecule has 0 amide bonds. The summed E-state index contributed by atoms with van der Waals surface area (Å²) in [5.41, 5.74) is 0. The second kappa shape index (κ2) is 7.60. The van der Waals surface area contributed by atoms with Crippen LogP contribution in [0.4, 0.5) is 0 Å². The van der Waals surface area contributed by atoms with Crippen molar-refractivity contribution in [1.82, 2.24) is 9.62 Å². The molecule has 0 aromatic rings. The van der Waals surface area contributed by atoms with Crippen molar-refractivity contribution in [2.75, 3.05) is 18.8 Å². The maximum Gasteiger partial charge on any atom is 0.215 e. The summed E-state index contributed by atoms with van der Waals surface area (Å²) in [7, 11) is -3.13. The molecule has 0 aromatic heterocycles. The molecule has 1 N–H and O–H groups in total. The van der Waals surface area contributed by atoms with Gasteiger partial charge in [-0.1, -0.05) is 40.5 Å². The van der Waals surface area contributed by atoms with E-state index in [-0.39, 0.29) is 11.8 Å². The van der Waals surface area contributed by atoms with Crippen LogP contribution in [0, 0.1) is 5.92 Å². The quantitative estimate of drug-likeness (QED) is 0.745. The van der Waals surface area contributed by atoms with Gasteiger partial charge in [0.1, 0.15) is 0 Å². The largest absolute Gasteiger partial charge is 0.313 e. The third kappa shape index (κ3) is 5.79. The van der Waals surface area contributed by atoms with Gasteiger partial charge in [-0.2, -0.15) is 4.31 Å². The highest BCUT2D eigenvalue weighted by molar-refractivity contribution is 7.89. The monoisotopic (exact) mass is 290 g/mol. The Balaban J connectivity index is 2.65. The summed E-state index contributed by atoms with van der Waals surface area (Å²) in [5, 5.41) is 3.19. The van der Waals surface area contributed by atoms with Gasteiger partial charge in [0, 0.05) is 25.2 Å². The van der Waals surface area contributed by atoms with Gasteiger partial charge in [-0.3, -0.25) is 0 Å². The van der Waals surface area contributed by atoms with Crippen LogP contribution in [-0.4, -0.2) is 43.6 Å². The van der Waals surface area contributed by atoms with Gasteiger partial charge in [0.2, 0.25) is 10.0 Å². The Kier molecular flexibility index (Phi) is 6.77. The summed E-state index contributed by atoms with van der Waals surface area (Å²) in [6, 6.07) is 0.576. The highest BCUT2D eigenvalue weighted by Gasteiger charge is 2.31. The van der Waals surface area contributed by atoms with Crippen molar-refractivity contribution in [1.29, 1.82) is 0 Å². The summed E-state index contributed by atoms with van der Waals surface area (Å²) in [4.78, 5) is 0. The topological polar surface area (TPSA) is 49.4 Å². The van der Waals surface area contributed by atoms with E-state index in [4.69, 9.17) is 0 Å². The molecule has 5 heteroatoms. The number of hydrogen-bond donors (Lipinski definition) is 1. The van der Waals surface area contributed by atoms with E-state index in [0.29, 0.717) is 25.0 Å². The summed E-state index contributed by atoms with van der Waals surface area (Å²) in [6.45, 7) is 9.45. The lowest BCUT2D eigenvalue weighted by atomic mass is 10.2. The minimum Gasteiger partial charge on any atom is -0.313 e. The normalized spacial score (nSPS) is 18.1. The lowest BCUT2D eigenvalue weighted by Gasteiger charge is -2.29. The first-order valence-electron chi connectivity index (χ1n) is 7.56. The Morgan fingerprint density at radius 3 is 2.21 bits per heavy atom. The van der Waals surface area contributed by atoms with E-state index >= 15 is 0 Å². The predicted molar refractivity (Wildman–Crippen MR) is 80.7 cm³/mol. The zero-order valence-electron chi connectivity index (χ0n) is 12.9. The zero-order valence-corrected chi connectivity index (χ0v) is 13.7. The first kappa shape index (κ1) is 16.9. The second-order valence-corrected chi connectivity index (χ2v) is 8.37. The fourth-order valence-corrected chi connectivity index (χ4v) is 4.44. The molecule has 1 rings (SSSR count). The van der Waals surface area contributed by atoms with Gasteiger partial charge in [-0.15, -0.1) is 0 Å². The van der Waals surface area contributed by atoms with Crippen molar-refractivity contribution in [3.05, 3.63) is 0 Å². The summed E-state index contributed by atoms with van der Waals surface area (Å²) in [6.07, 6.45) is 4.39. The summed E-state index contributed by atoms with van der Waals surface area (Å²) in [5.74, 6) is 0.599. The van der Waals surface area contributed by atoms with E-state index in [1.54, 1.807) is 4.31 Å². The van der Waals surface area contributed by atoms with Crippen LogP contribution < -0.4 is 5.32 Å². The number of rotatable bonds is 8. The van der Waals surface area contributed by atoms with E-state index in [9.17, 15) is 8.42 Å². The molecule has 0 spiro atoms. The average molecular weight is 290 g/mol. The van der Waals surface area contributed by atoms with Gasteiger partial charge in [0.15, 0.2) is 0 Å². The number of hydrogen-bond acceptors (Lipinski definition) is 3. The maximum absolute atomic E-state index is 12.5. The Bertz CT molecular complexity index is 346. The smallest absolute Gasteiger partial charge is 0.215 e. The van der Waals surface area contributed by atoms with Crippen LogP contribution in [0.2, 0.25) is 0 Å². The molecule has 0 radical (unpaired) electrons. The Labute approximate surface area is 119 Å². The van der Waals surface area contributed by atoms with Crippen LogP contribution >= 0.6 is 0 Å². The molecule has 0 aliphatic heterocycles. The molecule has 4 nitrogen and oxygen atoms in total. The average Bonchev–Trinajstić information content (AvgIpc) is 2.77. The van der Waals surface area contributed by atoms with Gasteiger partial charge < -0.3 is 5.32 Å². The standard InChI is InChI=1S/C14H30N2O2S/c1-12(2)11-16(14-7-5-6-8-14)19(17,18)10-9-15-13(3)4/h12-15H,5-11H2,1-4H3. The van der Waals surface area contributed by atoms with Crippen LogP contribution in [0.1, 0.15) is 53.4 Å². The molecule has 1 saturated carbocycles. The lowest BCUT2D eigenvalue weighted by Crippen LogP contribution is -2.44.